The Kier molecular flexibility index (Phi) is 4.03. The van der Waals surface area contributed by atoms with Crippen LogP contribution in [-0.4, -0.2) is 33.8 Å². The highest BCUT2D eigenvalue weighted by molar-refractivity contribution is 7.80. The second-order valence-electron chi connectivity index (χ2n) is 4.02. The first-order valence-electron chi connectivity index (χ1n) is 5.78. The molecule has 0 bridgehead atoms. The first kappa shape index (κ1) is 12.0. The summed E-state index contributed by atoms with van der Waals surface area (Å²) >= 11 is 5.27. The maximum atomic E-state index is 5.27. The number of pyridine rings is 1. The van der Waals surface area contributed by atoms with Crippen LogP contribution >= 0.6 is 12.2 Å². The molecule has 0 atom stereocenters. The van der Waals surface area contributed by atoms with E-state index in [0.29, 0.717) is 5.11 Å². The maximum Gasteiger partial charge on any atom is 0.189 e. The van der Waals surface area contributed by atoms with E-state index >= 15 is 0 Å². The second kappa shape index (κ2) is 5.72. The minimum Gasteiger partial charge on any atom is -0.348 e. The number of nitrogens with one attached hydrogen (secondary N) is 1. The Bertz CT molecular complexity index is 410. The smallest absolute Gasteiger partial charge is 0.189 e. The first-order valence-corrected chi connectivity index (χ1v) is 6.19. The van der Waals surface area contributed by atoms with E-state index in [1.165, 1.54) is 12.8 Å². The maximum absolute atomic E-state index is 5.27. The summed E-state index contributed by atoms with van der Waals surface area (Å²) < 4.78 is 0. The second-order valence-corrected chi connectivity index (χ2v) is 4.41. The number of thiocarbonyl (C=S) groups is 1. The van der Waals surface area contributed by atoms with Crippen LogP contribution in [0.3, 0.4) is 0 Å². The van der Waals surface area contributed by atoms with E-state index in [9.17, 15) is 0 Å². The lowest BCUT2D eigenvalue weighted by Gasteiger charge is -2.17. The topological polar surface area (TPSA) is 40.5 Å². The molecule has 1 fully saturated rings. The molecule has 0 aromatic carbocycles. The molecule has 1 N–H and O–H groups in total. The van der Waals surface area contributed by atoms with Gasteiger partial charge in [0.25, 0.3) is 0 Å². The molecule has 0 saturated carbocycles. The summed E-state index contributed by atoms with van der Waals surface area (Å²) in [6, 6.07) is 5.76. The number of hydrogen-bond acceptors (Lipinski definition) is 3. The van der Waals surface area contributed by atoms with Crippen molar-refractivity contribution in [2.75, 3.05) is 13.1 Å². The highest BCUT2D eigenvalue weighted by Crippen LogP contribution is 2.07. The van der Waals surface area contributed by atoms with Gasteiger partial charge in [-0.25, -0.2) is 0 Å². The highest BCUT2D eigenvalue weighted by atomic mass is 32.1. The quantitative estimate of drug-likeness (QED) is 0.492. The van der Waals surface area contributed by atoms with Crippen LogP contribution in [-0.2, 0) is 0 Å². The number of likely N-dealkylation sites (tertiary alicyclic amines) is 1. The van der Waals surface area contributed by atoms with Gasteiger partial charge in [0.15, 0.2) is 5.11 Å². The van der Waals surface area contributed by atoms with E-state index in [0.717, 1.165) is 24.5 Å². The summed E-state index contributed by atoms with van der Waals surface area (Å²) in [6.07, 6.45) is 4.18. The van der Waals surface area contributed by atoms with Crippen LogP contribution in [0.1, 0.15) is 25.5 Å². The Morgan fingerprint density at radius 1 is 1.41 bits per heavy atom. The summed E-state index contributed by atoms with van der Waals surface area (Å²) in [5, 5.41) is 4.97. The van der Waals surface area contributed by atoms with Gasteiger partial charge in [0.05, 0.1) is 11.4 Å². The minimum absolute atomic E-state index is 0.706. The summed E-state index contributed by atoms with van der Waals surface area (Å²) in [5.74, 6) is 0. The number of hydrazone groups is 1. The van der Waals surface area contributed by atoms with Crippen molar-refractivity contribution < 1.29 is 0 Å². The summed E-state index contributed by atoms with van der Waals surface area (Å²) in [6.45, 7) is 3.98. The zero-order chi connectivity index (χ0) is 12.1. The van der Waals surface area contributed by atoms with Gasteiger partial charge < -0.3 is 4.90 Å². The minimum atomic E-state index is 0.706. The van der Waals surface area contributed by atoms with Crippen molar-refractivity contribution in [3.05, 3.63) is 30.1 Å². The standard InChI is InChI=1S/C12H16N4S/c1-10(11-6-2-3-7-13-11)14-15-12(17)16-8-4-5-9-16/h2-3,6-7H,4-5,8-9H2,1H3,(H,15,17)/b14-10-. The van der Waals surface area contributed by atoms with Gasteiger partial charge in [-0.05, 0) is 44.1 Å². The third-order valence-electron chi connectivity index (χ3n) is 2.75. The van der Waals surface area contributed by atoms with Crippen molar-refractivity contribution in [2.45, 2.75) is 19.8 Å². The van der Waals surface area contributed by atoms with E-state index in [2.05, 4.69) is 20.4 Å². The molecule has 0 amide bonds. The highest BCUT2D eigenvalue weighted by Gasteiger charge is 2.13. The van der Waals surface area contributed by atoms with Crippen molar-refractivity contribution in [1.29, 1.82) is 0 Å². The third-order valence-corrected chi connectivity index (χ3v) is 3.10. The molecule has 1 aromatic rings. The fraction of sp³-hybridized carbons (Fsp3) is 0.417. The molecule has 17 heavy (non-hydrogen) atoms. The van der Waals surface area contributed by atoms with Crippen molar-refractivity contribution >= 4 is 23.0 Å². The molecule has 90 valence electrons. The van der Waals surface area contributed by atoms with Crippen LogP contribution in [0.15, 0.2) is 29.5 Å². The molecule has 0 radical (unpaired) electrons. The van der Waals surface area contributed by atoms with Crippen LogP contribution in [0.4, 0.5) is 0 Å². The Balaban J connectivity index is 1.94. The van der Waals surface area contributed by atoms with Crippen molar-refractivity contribution in [1.82, 2.24) is 15.3 Å². The van der Waals surface area contributed by atoms with Gasteiger partial charge in [0.2, 0.25) is 0 Å². The van der Waals surface area contributed by atoms with Gasteiger partial charge in [0.1, 0.15) is 0 Å². The predicted molar refractivity (Wildman–Crippen MR) is 73.0 cm³/mol. The molecule has 1 aliphatic rings. The summed E-state index contributed by atoms with van der Waals surface area (Å²) in [7, 11) is 0. The molecular formula is C12H16N4S. The molecule has 2 rings (SSSR count). The monoisotopic (exact) mass is 248 g/mol. The summed E-state index contributed by atoms with van der Waals surface area (Å²) in [4.78, 5) is 6.37. The third kappa shape index (κ3) is 3.23. The van der Waals surface area contributed by atoms with Crippen LogP contribution < -0.4 is 5.43 Å². The molecule has 0 spiro atoms. The van der Waals surface area contributed by atoms with E-state index < -0.39 is 0 Å². The molecule has 4 nitrogen and oxygen atoms in total. The summed E-state index contributed by atoms with van der Waals surface area (Å²) in [5.41, 5.74) is 4.63. The van der Waals surface area contributed by atoms with E-state index in [-0.39, 0.29) is 0 Å². The number of aromatic nitrogens is 1. The number of rotatable bonds is 2. The largest absolute Gasteiger partial charge is 0.348 e. The lowest BCUT2D eigenvalue weighted by atomic mass is 10.3. The van der Waals surface area contributed by atoms with Gasteiger partial charge in [-0.15, -0.1) is 0 Å². The lowest BCUT2D eigenvalue weighted by molar-refractivity contribution is 0.509. The van der Waals surface area contributed by atoms with Crippen LogP contribution in [0.5, 0.6) is 0 Å². The average molecular weight is 248 g/mol. The van der Waals surface area contributed by atoms with Crippen LogP contribution in [0, 0.1) is 0 Å². The Morgan fingerprint density at radius 3 is 2.82 bits per heavy atom. The van der Waals surface area contributed by atoms with Crippen molar-refractivity contribution in [2.24, 2.45) is 5.10 Å². The molecule has 1 saturated heterocycles. The van der Waals surface area contributed by atoms with Crippen LogP contribution in [0.2, 0.25) is 0 Å². The zero-order valence-corrected chi connectivity index (χ0v) is 10.7. The van der Waals surface area contributed by atoms with Gasteiger partial charge in [-0.1, -0.05) is 6.07 Å². The Morgan fingerprint density at radius 2 is 2.18 bits per heavy atom. The van der Waals surface area contributed by atoms with Crippen LogP contribution in [0.25, 0.3) is 0 Å². The predicted octanol–water partition coefficient (Wildman–Crippen LogP) is 1.78. The van der Waals surface area contributed by atoms with Crippen molar-refractivity contribution in [3.63, 3.8) is 0 Å². The van der Waals surface area contributed by atoms with E-state index in [4.69, 9.17) is 12.2 Å². The normalized spacial score (nSPS) is 16.1. The van der Waals surface area contributed by atoms with Gasteiger partial charge >= 0.3 is 0 Å². The van der Waals surface area contributed by atoms with Gasteiger partial charge in [0, 0.05) is 19.3 Å². The zero-order valence-electron chi connectivity index (χ0n) is 9.89. The van der Waals surface area contributed by atoms with Gasteiger partial charge in [-0.3, -0.25) is 10.4 Å². The molecule has 1 aliphatic heterocycles. The first-order chi connectivity index (χ1) is 8.27. The SMILES string of the molecule is C/C(=N/NC(=S)N1CCCC1)c1ccccn1. The molecule has 0 aliphatic carbocycles. The Hall–Kier alpha value is -1.49. The fourth-order valence-corrected chi connectivity index (χ4v) is 1.98. The molecular weight excluding hydrogens is 232 g/mol. The average Bonchev–Trinajstić information content (AvgIpc) is 2.90. The fourth-order valence-electron chi connectivity index (χ4n) is 1.76. The molecule has 5 heteroatoms. The lowest BCUT2D eigenvalue weighted by Crippen LogP contribution is -2.35. The molecule has 1 aromatic heterocycles. The van der Waals surface area contributed by atoms with E-state index in [1.54, 1.807) is 6.20 Å². The van der Waals surface area contributed by atoms with E-state index in [1.807, 2.05) is 25.1 Å². The number of hydrogen-bond donors (Lipinski definition) is 1. The van der Waals surface area contributed by atoms with Crippen molar-refractivity contribution in [3.8, 4) is 0 Å². The van der Waals surface area contributed by atoms with Gasteiger partial charge in [-0.2, -0.15) is 5.10 Å². The Labute approximate surface area is 107 Å². The number of nitrogens with zero attached hydrogens (tertiary/aromatic N) is 3. The molecule has 0 unspecified atom stereocenters. The molecule has 2 heterocycles.